The van der Waals surface area contributed by atoms with Crippen LogP contribution in [0.4, 0.5) is 0 Å². The van der Waals surface area contributed by atoms with Gasteiger partial charge in [-0.1, -0.05) is 18.3 Å². The number of carbonyl (C=O) groups is 1. The van der Waals surface area contributed by atoms with Crippen LogP contribution in [-0.2, 0) is 0 Å². The van der Waals surface area contributed by atoms with Gasteiger partial charge in [0, 0.05) is 30.3 Å². The highest BCUT2D eigenvalue weighted by atomic mass is 16.3. The molecule has 136 valence electrons. The Morgan fingerprint density at radius 2 is 2.04 bits per heavy atom. The van der Waals surface area contributed by atoms with Gasteiger partial charge in [-0.05, 0) is 57.5 Å². The van der Waals surface area contributed by atoms with Crippen LogP contribution in [0, 0.1) is 11.8 Å². The van der Waals surface area contributed by atoms with Crippen molar-refractivity contribution >= 4 is 5.91 Å². The minimum absolute atomic E-state index is 0.112. The van der Waals surface area contributed by atoms with Crippen LogP contribution in [-0.4, -0.2) is 58.9 Å². The van der Waals surface area contributed by atoms with Crippen molar-refractivity contribution in [2.24, 2.45) is 0 Å². The molecule has 1 unspecified atom stereocenters. The molecule has 0 bridgehead atoms. The normalized spacial score (nSPS) is 18.3. The highest BCUT2D eigenvalue weighted by Crippen LogP contribution is 2.15. The van der Waals surface area contributed by atoms with Gasteiger partial charge >= 0.3 is 0 Å². The van der Waals surface area contributed by atoms with E-state index in [9.17, 15) is 15.0 Å². The zero-order chi connectivity index (χ0) is 18.3. The van der Waals surface area contributed by atoms with Gasteiger partial charge in [0.15, 0.2) is 0 Å². The monoisotopic (exact) mass is 344 g/mol. The summed E-state index contributed by atoms with van der Waals surface area (Å²) in [4.78, 5) is 14.5. The number of hydrogen-bond acceptors (Lipinski definition) is 4. The second-order valence-corrected chi connectivity index (χ2v) is 7.01. The third-order valence-corrected chi connectivity index (χ3v) is 4.30. The molecule has 1 aliphatic rings. The van der Waals surface area contributed by atoms with Crippen LogP contribution < -0.4 is 5.32 Å². The Bertz CT molecular complexity index is 623. The number of nitrogens with zero attached hydrogens (tertiary/aromatic N) is 1. The zero-order valence-corrected chi connectivity index (χ0v) is 15.1. The van der Waals surface area contributed by atoms with Crippen molar-refractivity contribution in [2.75, 3.05) is 26.2 Å². The second kappa shape index (κ2) is 9.00. The average molecular weight is 344 g/mol. The van der Waals surface area contributed by atoms with Crippen molar-refractivity contribution < 1.29 is 15.0 Å². The highest BCUT2D eigenvalue weighted by molar-refractivity contribution is 5.94. The smallest absolute Gasteiger partial charge is 0.251 e. The van der Waals surface area contributed by atoms with E-state index in [1.165, 1.54) is 0 Å². The lowest BCUT2D eigenvalue weighted by atomic mass is 10.0. The molecule has 1 aromatic rings. The highest BCUT2D eigenvalue weighted by Gasteiger charge is 2.21. The Labute approximate surface area is 150 Å². The molecule has 0 radical (unpaired) electrons. The number of aliphatic hydroxyl groups excluding tert-OH is 1. The summed E-state index contributed by atoms with van der Waals surface area (Å²) in [6.45, 7) is 5.75. The van der Waals surface area contributed by atoms with Crippen LogP contribution in [0.1, 0.15) is 49.0 Å². The number of piperidine rings is 1. The average Bonchev–Trinajstić information content (AvgIpc) is 2.60. The predicted molar refractivity (Wildman–Crippen MR) is 98.2 cm³/mol. The third kappa shape index (κ3) is 6.50. The Kier molecular flexibility index (Phi) is 7.01. The quantitative estimate of drug-likeness (QED) is 0.706. The van der Waals surface area contributed by atoms with Crippen LogP contribution in [0.5, 0.6) is 0 Å². The summed E-state index contributed by atoms with van der Waals surface area (Å²) in [5.41, 5.74) is 0.320. The molecule has 5 nitrogen and oxygen atoms in total. The molecule has 0 saturated carbocycles. The van der Waals surface area contributed by atoms with Crippen LogP contribution in [0.3, 0.4) is 0 Å². The summed E-state index contributed by atoms with van der Waals surface area (Å²) in [5.74, 6) is 5.52. The molecule has 25 heavy (non-hydrogen) atoms. The lowest BCUT2D eigenvalue weighted by Crippen LogP contribution is -2.45. The molecule has 0 aliphatic carbocycles. The van der Waals surface area contributed by atoms with Gasteiger partial charge in [-0.2, -0.15) is 0 Å². The van der Waals surface area contributed by atoms with Gasteiger partial charge < -0.3 is 15.5 Å². The lowest BCUT2D eigenvalue weighted by Gasteiger charge is -2.34. The van der Waals surface area contributed by atoms with Gasteiger partial charge in [-0.15, -0.1) is 0 Å². The molecule has 5 heteroatoms. The Morgan fingerprint density at radius 1 is 1.32 bits per heavy atom. The number of nitrogens with one attached hydrogen (secondary N) is 1. The SMILES string of the molecule is CC(C)(O)C#Cc1ccc(C(=O)NCCN2CCCCC2CO)cc1. The molecular weight excluding hydrogens is 316 g/mol. The minimum atomic E-state index is -1.03. The number of amides is 1. The number of hydrogen-bond donors (Lipinski definition) is 3. The first-order chi connectivity index (χ1) is 11.9. The van der Waals surface area contributed by atoms with E-state index in [0.29, 0.717) is 12.1 Å². The topological polar surface area (TPSA) is 72.8 Å². The maximum atomic E-state index is 12.2. The van der Waals surface area contributed by atoms with Gasteiger partial charge in [-0.25, -0.2) is 0 Å². The predicted octanol–water partition coefficient (Wildman–Crippen LogP) is 1.39. The zero-order valence-electron chi connectivity index (χ0n) is 15.1. The molecule has 3 N–H and O–H groups in total. The van der Waals surface area contributed by atoms with Crippen LogP contribution in [0.15, 0.2) is 24.3 Å². The van der Waals surface area contributed by atoms with E-state index < -0.39 is 5.60 Å². The van der Waals surface area contributed by atoms with Crippen molar-refractivity contribution in [3.63, 3.8) is 0 Å². The minimum Gasteiger partial charge on any atom is -0.395 e. The van der Waals surface area contributed by atoms with Gasteiger partial charge in [0.1, 0.15) is 5.60 Å². The van der Waals surface area contributed by atoms with Crippen LogP contribution in [0.2, 0.25) is 0 Å². The first-order valence-corrected chi connectivity index (χ1v) is 8.88. The Hall–Kier alpha value is -1.87. The maximum absolute atomic E-state index is 12.2. The maximum Gasteiger partial charge on any atom is 0.251 e. The number of likely N-dealkylation sites (tertiary alicyclic amines) is 1. The fraction of sp³-hybridized carbons (Fsp3) is 0.550. The first-order valence-electron chi connectivity index (χ1n) is 8.88. The van der Waals surface area contributed by atoms with E-state index in [-0.39, 0.29) is 18.6 Å². The summed E-state index contributed by atoms with van der Waals surface area (Å²) in [6.07, 6.45) is 3.34. The third-order valence-electron chi connectivity index (χ3n) is 4.30. The summed E-state index contributed by atoms with van der Waals surface area (Å²) < 4.78 is 0. The fourth-order valence-electron chi connectivity index (χ4n) is 2.91. The lowest BCUT2D eigenvalue weighted by molar-refractivity contribution is 0.0849. The van der Waals surface area contributed by atoms with Crippen molar-refractivity contribution in [1.29, 1.82) is 0 Å². The van der Waals surface area contributed by atoms with Crippen LogP contribution >= 0.6 is 0 Å². The van der Waals surface area contributed by atoms with Crippen LogP contribution in [0.25, 0.3) is 0 Å². The second-order valence-electron chi connectivity index (χ2n) is 7.01. The molecule has 1 saturated heterocycles. The van der Waals surface area contributed by atoms with Gasteiger partial charge in [0.25, 0.3) is 5.91 Å². The molecule has 0 spiro atoms. The number of benzene rings is 1. The summed E-state index contributed by atoms with van der Waals surface area (Å²) in [5, 5.41) is 21.9. The number of carbonyl (C=O) groups excluding carboxylic acids is 1. The van der Waals surface area contributed by atoms with Crippen molar-refractivity contribution in [2.45, 2.75) is 44.8 Å². The molecule has 1 amide bonds. The van der Waals surface area contributed by atoms with E-state index in [0.717, 1.165) is 37.9 Å². The molecule has 1 fully saturated rings. The van der Waals surface area contributed by atoms with E-state index >= 15 is 0 Å². The van der Waals surface area contributed by atoms with Gasteiger partial charge in [0.2, 0.25) is 0 Å². The fourth-order valence-corrected chi connectivity index (χ4v) is 2.91. The summed E-state index contributed by atoms with van der Waals surface area (Å²) in [6, 6.07) is 7.25. The van der Waals surface area contributed by atoms with Gasteiger partial charge in [0.05, 0.1) is 6.61 Å². The first kappa shape index (κ1) is 19.5. The molecule has 1 aliphatic heterocycles. The van der Waals surface area contributed by atoms with Crippen molar-refractivity contribution in [3.05, 3.63) is 35.4 Å². The van der Waals surface area contributed by atoms with E-state index in [2.05, 4.69) is 22.1 Å². The largest absolute Gasteiger partial charge is 0.395 e. The molecule has 2 rings (SSSR count). The molecule has 0 aromatic heterocycles. The number of rotatable bonds is 5. The summed E-state index contributed by atoms with van der Waals surface area (Å²) >= 11 is 0. The molecular formula is C20H28N2O3. The molecule has 1 atom stereocenters. The standard InChI is InChI=1S/C20H28N2O3/c1-20(2,25)11-10-16-6-8-17(9-7-16)19(24)21-12-14-22-13-4-3-5-18(22)15-23/h6-9,18,23,25H,3-5,12-15H2,1-2H3,(H,21,24). The molecule has 1 aromatic carbocycles. The number of aliphatic hydroxyl groups is 2. The van der Waals surface area contributed by atoms with Crippen molar-refractivity contribution in [1.82, 2.24) is 10.2 Å². The summed E-state index contributed by atoms with van der Waals surface area (Å²) in [7, 11) is 0. The van der Waals surface area contributed by atoms with E-state index in [1.807, 2.05) is 0 Å². The Morgan fingerprint density at radius 3 is 2.68 bits per heavy atom. The van der Waals surface area contributed by atoms with E-state index in [1.54, 1.807) is 38.1 Å². The van der Waals surface area contributed by atoms with Gasteiger partial charge in [-0.3, -0.25) is 9.69 Å². The van der Waals surface area contributed by atoms with Crippen molar-refractivity contribution in [3.8, 4) is 11.8 Å². The van der Waals surface area contributed by atoms with E-state index in [4.69, 9.17) is 0 Å². The Balaban J connectivity index is 1.83. The molecule has 1 heterocycles.